The predicted molar refractivity (Wildman–Crippen MR) is 93.4 cm³/mol. The minimum Gasteiger partial charge on any atom is -0.404 e. The third-order valence-corrected chi connectivity index (χ3v) is 3.77. The van der Waals surface area contributed by atoms with E-state index < -0.39 is 5.97 Å². The number of ether oxygens (including phenoxy) is 2. The predicted octanol–water partition coefficient (Wildman–Crippen LogP) is 4.00. The van der Waals surface area contributed by atoms with Gasteiger partial charge in [0.25, 0.3) is 0 Å². The zero-order valence-corrected chi connectivity index (χ0v) is 14.6. The molecule has 2 aromatic carbocycles. The number of halogens is 1. The summed E-state index contributed by atoms with van der Waals surface area (Å²) in [6.07, 6.45) is 0. The zero-order valence-electron chi connectivity index (χ0n) is 13.0. The molecule has 0 saturated carbocycles. The van der Waals surface area contributed by atoms with Crippen molar-refractivity contribution in [1.82, 2.24) is 9.78 Å². The molecule has 0 spiro atoms. The van der Waals surface area contributed by atoms with Crippen molar-refractivity contribution in [2.45, 2.75) is 6.61 Å². The third-order valence-electron chi connectivity index (χ3n) is 3.28. The fourth-order valence-electron chi connectivity index (χ4n) is 2.22. The summed E-state index contributed by atoms with van der Waals surface area (Å²) in [5.74, 6) is -0.101. The summed E-state index contributed by atoms with van der Waals surface area (Å²) in [7, 11) is 1.59. The summed E-state index contributed by atoms with van der Waals surface area (Å²) < 4.78 is 13.1. The standard InChI is InChI=1S/C18H15BrN2O3/c1-23-12-15-11-17(21(20-15)16-8-3-2-4-9-16)24-18(22)13-6-5-7-14(19)10-13/h2-11H,12H2,1H3. The molecule has 0 atom stereocenters. The summed E-state index contributed by atoms with van der Waals surface area (Å²) in [5.41, 5.74) is 1.94. The highest BCUT2D eigenvalue weighted by Gasteiger charge is 2.16. The van der Waals surface area contributed by atoms with Crippen LogP contribution in [0.15, 0.2) is 65.1 Å². The van der Waals surface area contributed by atoms with Crippen LogP contribution in [-0.4, -0.2) is 22.9 Å². The van der Waals surface area contributed by atoms with Crippen molar-refractivity contribution in [1.29, 1.82) is 0 Å². The highest BCUT2D eigenvalue weighted by Crippen LogP contribution is 2.22. The van der Waals surface area contributed by atoms with E-state index in [2.05, 4.69) is 21.0 Å². The summed E-state index contributed by atoms with van der Waals surface area (Å²) in [4.78, 5) is 12.4. The maximum Gasteiger partial charge on any atom is 0.344 e. The maximum atomic E-state index is 12.4. The van der Waals surface area contributed by atoms with E-state index in [-0.39, 0.29) is 0 Å². The molecule has 0 bridgehead atoms. The number of rotatable bonds is 5. The minimum atomic E-state index is -0.447. The Morgan fingerprint density at radius 2 is 1.92 bits per heavy atom. The van der Waals surface area contributed by atoms with Crippen LogP contribution in [0.3, 0.4) is 0 Å². The molecule has 0 fully saturated rings. The molecule has 6 heteroatoms. The first-order chi connectivity index (χ1) is 11.7. The molecule has 0 amide bonds. The number of esters is 1. The first-order valence-corrected chi connectivity index (χ1v) is 8.08. The van der Waals surface area contributed by atoms with Crippen LogP contribution in [-0.2, 0) is 11.3 Å². The molecule has 0 aliphatic rings. The Labute approximate surface area is 148 Å². The van der Waals surface area contributed by atoms with E-state index in [1.165, 1.54) is 0 Å². The first kappa shape index (κ1) is 16.4. The number of methoxy groups -OCH3 is 1. The summed E-state index contributed by atoms with van der Waals surface area (Å²) >= 11 is 3.35. The van der Waals surface area contributed by atoms with Crippen LogP contribution in [0.1, 0.15) is 16.1 Å². The second-order valence-corrected chi connectivity index (χ2v) is 5.97. The molecule has 1 aromatic heterocycles. The molecular formula is C18H15BrN2O3. The molecule has 3 aromatic rings. The molecule has 24 heavy (non-hydrogen) atoms. The average Bonchev–Trinajstić information content (AvgIpc) is 2.98. The van der Waals surface area contributed by atoms with Crippen molar-refractivity contribution in [3.63, 3.8) is 0 Å². The van der Waals surface area contributed by atoms with Crippen molar-refractivity contribution in [3.8, 4) is 11.6 Å². The molecule has 0 N–H and O–H groups in total. The molecular weight excluding hydrogens is 372 g/mol. The molecule has 0 saturated heterocycles. The van der Waals surface area contributed by atoms with Crippen LogP contribution in [0.25, 0.3) is 5.69 Å². The van der Waals surface area contributed by atoms with Crippen molar-refractivity contribution in [2.24, 2.45) is 0 Å². The quantitative estimate of drug-likeness (QED) is 0.621. The second-order valence-electron chi connectivity index (χ2n) is 5.05. The van der Waals surface area contributed by atoms with Gasteiger partial charge in [-0.2, -0.15) is 5.10 Å². The Hall–Kier alpha value is -2.44. The molecule has 3 rings (SSSR count). The summed E-state index contributed by atoms with van der Waals surface area (Å²) in [6, 6.07) is 18.2. The van der Waals surface area contributed by atoms with Crippen molar-refractivity contribution < 1.29 is 14.3 Å². The number of hydrogen-bond donors (Lipinski definition) is 0. The van der Waals surface area contributed by atoms with Gasteiger partial charge in [-0.3, -0.25) is 0 Å². The van der Waals surface area contributed by atoms with Gasteiger partial charge >= 0.3 is 5.97 Å². The van der Waals surface area contributed by atoms with E-state index in [0.717, 1.165) is 10.2 Å². The minimum absolute atomic E-state index is 0.335. The van der Waals surface area contributed by atoms with Gasteiger partial charge in [-0.05, 0) is 30.3 Å². The molecule has 1 heterocycles. The molecule has 0 radical (unpaired) electrons. The van der Waals surface area contributed by atoms with E-state index in [1.807, 2.05) is 36.4 Å². The Balaban J connectivity index is 1.93. The number of nitrogens with zero attached hydrogens (tertiary/aromatic N) is 2. The lowest BCUT2D eigenvalue weighted by atomic mass is 10.2. The number of benzene rings is 2. The van der Waals surface area contributed by atoms with E-state index in [4.69, 9.17) is 9.47 Å². The lowest BCUT2D eigenvalue weighted by Gasteiger charge is -2.08. The van der Waals surface area contributed by atoms with Crippen LogP contribution >= 0.6 is 15.9 Å². The van der Waals surface area contributed by atoms with E-state index in [1.54, 1.807) is 36.1 Å². The Morgan fingerprint density at radius 1 is 1.12 bits per heavy atom. The summed E-state index contributed by atoms with van der Waals surface area (Å²) in [6.45, 7) is 0.335. The Bertz CT molecular complexity index is 846. The maximum absolute atomic E-state index is 12.4. The van der Waals surface area contributed by atoms with Crippen LogP contribution in [0.4, 0.5) is 0 Å². The average molecular weight is 387 g/mol. The molecule has 0 aliphatic carbocycles. The number of carbonyl (C=O) groups excluding carboxylic acids is 1. The van der Waals surface area contributed by atoms with Crippen molar-refractivity contribution in [2.75, 3.05) is 7.11 Å². The number of aromatic nitrogens is 2. The summed E-state index contributed by atoms with van der Waals surface area (Å²) in [5, 5.41) is 4.44. The fraction of sp³-hybridized carbons (Fsp3) is 0.111. The lowest BCUT2D eigenvalue weighted by molar-refractivity contribution is 0.0723. The van der Waals surface area contributed by atoms with Crippen LogP contribution in [0.2, 0.25) is 0 Å². The van der Waals surface area contributed by atoms with Gasteiger partial charge in [0, 0.05) is 17.6 Å². The largest absolute Gasteiger partial charge is 0.404 e. The second kappa shape index (κ2) is 7.42. The SMILES string of the molecule is COCc1cc(OC(=O)c2cccc(Br)c2)n(-c2ccccc2)n1. The smallest absolute Gasteiger partial charge is 0.344 e. The van der Waals surface area contributed by atoms with Gasteiger partial charge in [0.1, 0.15) is 0 Å². The third kappa shape index (κ3) is 3.72. The van der Waals surface area contributed by atoms with Gasteiger partial charge < -0.3 is 9.47 Å². The molecule has 122 valence electrons. The van der Waals surface area contributed by atoms with Gasteiger partial charge in [0.05, 0.1) is 23.6 Å². The van der Waals surface area contributed by atoms with E-state index in [0.29, 0.717) is 23.7 Å². The van der Waals surface area contributed by atoms with Crippen LogP contribution in [0.5, 0.6) is 5.88 Å². The van der Waals surface area contributed by atoms with Gasteiger partial charge in [0.2, 0.25) is 5.88 Å². The normalized spacial score (nSPS) is 10.6. The lowest BCUT2D eigenvalue weighted by Crippen LogP contribution is -2.11. The molecule has 0 aliphatic heterocycles. The Morgan fingerprint density at radius 3 is 2.62 bits per heavy atom. The molecule has 0 unspecified atom stereocenters. The zero-order chi connectivity index (χ0) is 16.9. The van der Waals surface area contributed by atoms with E-state index in [9.17, 15) is 4.79 Å². The van der Waals surface area contributed by atoms with Crippen LogP contribution < -0.4 is 4.74 Å². The van der Waals surface area contributed by atoms with Gasteiger partial charge in [-0.25, -0.2) is 9.48 Å². The first-order valence-electron chi connectivity index (χ1n) is 7.28. The van der Waals surface area contributed by atoms with Gasteiger partial charge in [0.15, 0.2) is 0 Å². The highest BCUT2D eigenvalue weighted by atomic mass is 79.9. The van der Waals surface area contributed by atoms with Crippen LogP contribution in [0, 0.1) is 0 Å². The van der Waals surface area contributed by atoms with Crippen molar-refractivity contribution >= 4 is 21.9 Å². The number of para-hydroxylation sites is 1. The molecule has 5 nitrogen and oxygen atoms in total. The van der Waals surface area contributed by atoms with Crippen molar-refractivity contribution in [3.05, 3.63) is 76.4 Å². The topological polar surface area (TPSA) is 53.4 Å². The number of carbonyl (C=O) groups is 1. The number of hydrogen-bond acceptors (Lipinski definition) is 4. The Kier molecular flexibility index (Phi) is 5.08. The van der Waals surface area contributed by atoms with E-state index >= 15 is 0 Å². The monoisotopic (exact) mass is 386 g/mol. The van der Waals surface area contributed by atoms with Gasteiger partial charge in [-0.1, -0.05) is 40.2 Å². The van der Waals surface area contributed by atoms with Gasteiger partial charge in [-0.15, -0.1) is 0 Å². The fourth-order valence-corrected chi connectivity index (χ4v) is 2.62. The highest BCUT2D eigenvalue weighted by molar-refractivity contribution is 9.10.